The van der Waals surface area contributed by atoms with Crippen LogP contribution in [-0.4, -0.2) is 37.7 Å². The Labute approximate surface area is 118 Å². The summed E-state index contributed by atoms with van der Waals surface area (Å²) in [6, 6.07) is 6.06. The lowest BCUT2D eigenvalue weighted by molar-refractivity contribution is 0.157. The molecule has 0 spiro atoms. The van der Waals surface area contributed by atoms with Gasteiger partial charge in [-0.2, -0.15) is 0 Å². The smallest absolute Gasteiger partial charge is 0.122 e. The normalized spacial score (nSPS) is 13.8. The van der Waals surface area contributed by atoms with Crippen molar-refractivity contribution < 1.29 is 4.74 Å². The number of likely N-dealkylation sites (N-methyl/N-ethyl adjacent to an activating group) is 1. The lowest BCUT2D eigenvalue weighted by Gasteiger charge is -2.38. The van der Waals surface area contributed by atoms with E-state index in [0.717, 1.165) is 22.2 Å². The number of nitrogens with zero attached hydrogens (tertiary/aromatic N) is 1. The van der Waals surface area contributed by atoms with E-state index in [1.165, 1.54) is 0 Å². The van der Waals surface area contributed by atoms with Crippen molar-refractivity contribution in [3.63, 3.8) is 0 Å². The number of rotatable bonds is 5. The van der Waals surface area contributed by atoms with Crippen molar-refractivity contribution in [3.8, 4) is 5.75 Å². The van der Waals surface area contributed by atoms with E-state index in [2.05, 4.69) is 54.8 Å². The lowest BCUT2D eigenvalue weighted by Crippen LogP contribution is -2.54. The molecule has 1 aromatic carbocycles. The Hall–Kier alpha value is -0.580. The highest BCUT2D eigenvalue weighted by Gasteiger charge is 2.29. The minimum Gasteiger partial charge on any atom is -0.496 e. The first kappa shape index (κ1) is 15.5. The third kappa shape index (κ3) is 3.46. The molecule has 0 radical (unpaired) electrons. The number of nitrogens with two attached hydrogens (primary N) is 1. The van der Waals surface area contributed by atoms with Gasteiger partial charge in [-0.25, -0.2) is 0 Å². The highest BCUT2D eigenvalue weighted by Crippen LogP contribution is 2.26. The standard InChI is InChI=1S/C14H23BrN2O/c1-14(2,17(3)4)13(16)9-10-8-11(15)6-7-12(10)18-5/h6-8,13H,9,16H2,1-5H3. The van der Waals surface area contributed by atoms with Crippen molar-refractivity contribution in [2.75, 3.05) is 21.2 Å². The average molecular weight is 315 g/mol. The molecule has 0 saturated heterocycles. The van der Waals surface area contributed by atoms with Crippen LogP contribution in [0.2, 0.25) is 0 Å². The fourth-order valence-electron chi connectivity index (χ4n) is 1.73. The molecule has 0 saturated carbocycles. The molecule has 0 bridgehead atoms. The fourth-order valence-corrected chi connectivity index (χ4v) is 2.13. The van der Waals surface area contributed by atoms with Gasteiger partial charge in [-0.15, -0.1) is 0 Å². The topological polar surface area (TPSA) is 38.5 Å². The number of methoxy groups -OCH3 is 1. The summed E-state index contributed by atoms with van der Waals surface area (Å²) in [6.45, 7) is 4.31. The van der Waals surface area contributed by atoms with Crippen LogP contribution in [0.3, 0.4) is 0 Å². The third-order valence-corrected chi connectivity index (χ3v) is 4.24. The number of hydrogen-bond donors (Lipinski definition) is 1. The zero-order valence-electron chi connectivity index (χ0n) is 11.8. The van der Waals surface area contributed by atoms with Crippen LogP contribution in [-0.2, 0) is 6.42 Å². The maximum absolute atomic E-state index is 6.35. The van der Waals surface area contributed by atoms with E-state index in [0.29, 0.717) is 0 Å². The van der Waals surface area contributed by atoms with E-state index >= 15 is 0 Å². The van der Waals surface area contributed by atoms with Crippen molar-refractivity contribution in [2.45, 2.75) is 31.8 Å². The summed E-state index contributed by atoms with van der Waals surface area (Å²) in [5, 5.41) is 0. The van der Waals surface area contributed by atoms with E-state index in [4.69, 9.17) is 10.5 Å². The van der Waals surface area contributed by atoms with Crippen molar-refractivity contribution in [1.29, 1.82) is 0 Å². The van der Waals surface area contributed by atoms with Crippen molar-refractivity contribution in [1.82, 2.24) is 4.90 Å². The van der Waals surface area contributed by atoms with Crippen LogP contribution >= 0.6 is 15.9 Å². The molecule has 1 aromatic rings. The van der Waals surface area contributed by atoms with Gasteiger partial charge in [0.2, 0.25) is 0 Å². The van der Waals surface area contributed by atoms with Crippen LogP contribution in [0, 0.1) is 0 Å². The quantitative estimate of drug-likeness (QED) is 0.908. The highest BCUT2D eigenvalue weighted by molar-refractivity contribution is 9.10. The van der Waals surface area contributed by atoms with Crippen LogP contribution in [0.25, 0.3) is 0 Å². The second kappa shape index (κ2) is 6.04. The van der Waals surface area contributed by atoms with Crippen LogP contribution < -0.4 is 10.5 Å². The zero-order chi connectivity index (χ0) is 13.9. The summed E-state index contributed by atoms with van der Waals surface area (Å²) in [4.78, 5) is 2.15. The molecule has 1 atom stereocenters. The predicted octanol–water partition coefficient (Wildman–Crippen LogP) is 2.67. The van der Waals surface area contributed by atoms with Gasteiger partial charge < -0.3 is 15.4 Å². The minimum absolute atomic E-state index is 0.0377. The molecule has 1 rings (SSSR count). The van der Waals surface area contributed by atoms with Gasteiger partial charge in [0.05, 0.1) is 7.11 Å². The van der Waals surface area contributed by atoms with Crippen molar-refractivity contribution in [2.24, 2.45) is 5.73 Å². The van der Waals surface area contributed by atoms with Crippen LogP contribution in [0.5, 0.6) is 5.75 Å². The van der Waals surface area contributed by atoms with Crippen LogP contribution in [0.1, 0.15) is 19.4 Å². The van der Waals surface area contributed by atoms with E-state index in [1.807, 2.05) is 12.1 Å². The number of benzene rings is 1. The van der Waals surface area contributed by atoms with E-state index < -0.39 is 0 Å². The zero-order valence-corrected chi connectivity index (χ0v) is 13.4. The summed E-state index contributed by atoms with van der Waals surface area (Å²) in [6.07, 6.45) is 0.786. The molecular weight excluding hydrogens is 292 g/mol. The molecule has 0 fully saturated rings. The summed E-state index contributed by atoms with van der Waals surface area (Å²) < 4.78 is 6.43. The van der Waals surface area contributed by atoms with E-state index in [-0.39, 0.29) is 11.6 Å². The second-order valence-electron chi connectivity index (χ2n) is 5.31. The van der Waals surface area contributed by atoms with Crippen molar-refractivity contribution in [3.05, 3.63) is 28.2 Å². The fraction of sp³-hybridized carbons (Fsp3) is 0.571. The van der Waals surface area contributed by atoms with Gasteiger partial charge in [-0.05, 0) is 58.1 Å². The van der Waals surface area contributed by atoms with Gasteiger partial charge in [-0.3, -0.25) is 0 Å². The lowest BCUT2D eigenvalue weighted by atomic mass is 9.88. The van der Waals surface area contributed by atoms with Gasteiger partial charge in [-0.1, -0.05) is 15.9 Å². The molecule has 102 valence electrons. The summed E-state index contributed by atoms with van der Waals surface area (Å²) >= 11 is 3.49. The van der Waals surface area contributed by atoms with Crippen LogP contribution in [0.4, 0.5) is 0 Å². The van der Waals surface area contributed by atoms with Gasteiger partial charge in [0, 0.05) is 16.1 Å². The van der Waals surface area contributed by atoms with Gasteiger partial charge in [0.1, 0.15) is 5.75 Å². The molecule has 0 amide bonds. The van der Waals surface area contributed by atoms with E-state index in [1.54, 1.807) is 7.11 Å². The maximum atomic E-state index is 6.35. The minimum atomic E-state index is -0.0622. The molecule has 0 aromatic heterocycles. The molecule has 4 heteroatoms. The highest BCUT2D eigenvalue weighted by atomic mass is 79.9. The Balaban J connectivity index is 2.94. The molecule has 0 aliphatic heterocycles. The number of halogens is 1. The monoisotopic (exact) mass is 314 g/mol. The van der Waals surface area contributed by atoms with Gasteiger partial charge >= 0.3 is 0 Å². The van der Waals surface area contributed by atoms with Crippen molar-refractivity contribution >= 4 is 15.9 Å². The third-order valence-electron chi connectivity index (χ3n) is 3.74. The molecule has 1 unspecified atom stereocenters. The molecule has 2 N–H and O–H groups in total. The summed E-state index contributed by atoms with van der Waals surface area (Å²) in [5.74, 6) is 0.892. The average Bonchev–Trinajstić information content (AvgIpc) is 2.29. The Morgan fingerprint density at radius 1 is 1.39 bits per heavy atom. The molecule has 3 nitrogen and oxygen atoms in total. The van der Waals surface area contributed by atoms with Gasteiger partial charge in [0.15, 0.2) is 0 Å². The summed E-state index contributed by atoms with van der Waals surface area (Å²) in [7, 11) is 5.80. The largest absolute Gasteiger partial charge is 0.496 e. The summed E-state index contributed by atoms with van der Waals surface area (Å²) in [5.41, 5.74) is 7.42. The first-order valence-electron chi connectivity index (χ1n) is 6.04. The molecule has 18 heavy (non-hydrogen) atoms. The van der Waals surface area contributed by atoms with E-state index in [9.17, 15) is 0 Å². The Bertz CT molecular complexity index is 405. The Morgan fingerprint density at radius 3 is 2.50 bits per heavy atom. The predicted molar refractivity (Wildman–Crippen MR) is 80.1 cm³/mol. The molecule has 0 aliphatic carbocycles. The molecule has 0 heterocycles. The number of hydrogen-bond acceptors (Lipinski definition) is 3. The van der Waals surface area contributed by atoms with Crippen LogP contribution in [0.15, 0.2) is 22.7 Å². The second-order valence-corrected chi connectivity index (χ2v) is 6.23. The first-order chi connectivity index (χ1) is 8.28. The maximum Gasteiger partial charge on any atom is 0.122 e. The Kier molecular flexibility index (Phi) is 5.20. The SMILES string of the molecule is COc1ccc(Br)cc1CC(N)C(C)(C)N(C)C. The Morgan fingerprint density at radius 2 is 2.00 bits per heavy atom. The number of ether oxygens (including phenoxy) is 1. The van der Waals surface area contributed by atoms with Gasteiger partial charge in [0.25, 0.3) is 0 Å². The molecule has 0 aliphatic rings. The molecular formula is C14H23BrN2O. The first-order valence-corrected chi connectivity index (χ1v) is 6.83.